The first-order valence-electron chi connectivity index (χ1n) is 5.53. The summed E-state index contributed by atoms with van der Waals surface area (Å²) in [6.45, 7) is 0. The predicted octanol–water partition coefficient (Wildman–Crippen LogP) is 1.02. The molecule has 1 heterocycles. The summed E-state index contributed by atoms with van der Waals surface area (Å²) in [5.41, 5.74) is 0. The number of amides is 1. The van der Waals surface area contributed by atoms with Crippen molar-refractivity contribution in [3.8, 4) is 6.07 Å². The largest absolute Gasteiger partial charge is 0.346 e. The number of hydrogen-bond acceptors (Lipinski definition) is 3. The average molecular weight is 242 g/mol. The summed E-state index contributed by atoms with van der Waals surface area (Å²) < 4.78 is 26.3. The van der Waals surface area contributed by atoms with Gasteiger partial charge in [-0.2, -0.15) is 5.26 Å². The lowest BCUT2D eigenvalue weighted by molar-refractivity contribution is -0.128. The van der Waals surface area contributed by atoms with Crippen molar-refractivity contribution < 1.29 is 18.4 Å². The Kier molecular flexibility index (Phi) is 2.86. The van der Waals surface area contributed by atoms with Gasteiger partial charge in [0, 0.05) is 25.2 Å². The summed E-state index contributed by atoms with van der Waals surface area (Å²) in [5.74, 6) is -5.47. The van der Waals surface area contributed by atoms with Crippen molar-refractivity contribution in [2.75, 3.05) is 0 Å². The van der Waals surface area contributed by atoms with Gasteiger partial charge < -0.3 is 5.32 Å². The summed E-state index contributed by atoms with van der Waals surface area (Å²) in [4.78, 5) is 22.9. The van der Waals surface area contributed by atoms with Crippen LogP contribution in [0.15, 0.2) is 0 Å². The molecule has 0 bridgehead atoms. The molecular weight excluding hydrogens is 230 g/mol. The quantitative estimate of drug-likeness (QED) is 0.785. The smallest absolute Gasteiger partial charge is 0.250 e. The fourth-order valence-electron chi connectivity index (χ4n) is 2.53. The van der Waals surface area contributed by atoms with Crippen LogP contribution in [0.1, 0.15) is 25.7 Å². The third kappa shape index (κ3) is 2.28. The van der Waals surface area contributed by atoms with Gasteiger partial charge in [0.05, 0.1) is 18.0 Å². The van der Waals surface area contributed by atoms with E-state index in [1.54, 1.807) is 6.07 Å². The molecule has 4 nitrogen and oxygen atoms in total. The highest BCUT2D eigenvalue weighted by Crippen LogP contribution is 2.44. The standard InChI is InChI=1S/C11H12F2N2O2/c12-11(13)3-6(5-14)7(4-11)10(17)8-1-2-9(16)15-8/h6-8H,1-4H2,(H,15,16)/t6?,7?,8-/m0/s1. The lowest BCUT2D eigenvalue weighted by Gasteiger charge is -2.16. The van der Waals surface area contributed by atoms with Crippen LogP contribution >= 0.6 is 0 Å². The van der Waals surface area contributed by atoms with Gasteiger partial charge in [-0.1, -0.05) is 0 Å². The van der Waals surface area contributed by atoms with Gasteiger partial charge in [-0.15, -0.1) is 0 Å². The van der Waals surface area contributed by atoms with E-state index in [1.165, 1.54) is 0 Å². The summed E-state index contributed by atoms with van der Waals surface area (Å²) in [6.07, 6.45) is -0.536. The van der Waals surface area contributed by atoms with Crippen LogP contribution in [0.4, 0.5) is 8.78 Å². The molecule has 1 saturated heterocycles. The van der Waals surface area contributed by atoms with Crippen LogP contribution in [-0.2, 0) is 9.59 Å². The highest BCUT2D eigenvalue weighted by Gasteiger charge is 2.51. The molecule has 0 aromatic heterocycles. The Balaban J connectivity index is 2.09. The monoisotopic (exact) mass is 242 g/mol. The molecule has 1 saturated carbocycles. The molecule has 17 heavy (non-hydrogen) atoms. The van der Waals surface area contributed by atoms with Gasteiger partial charge in [0.1, 0.15) is 0 Å². The van der Waals surface area contributed by atoms with Crippen molar-refractivity contribution in [1.29, 1.82) is 5.26 Å². The zero-order valence-electron chi connectivity index (χ0n) is 9.08. The summed E-state index contributed by atoms with van der Waals surface area (Å²) in [7, 11) is 0. The van der Waals surface area contributed by atoms with Gasteiger partial charge in [0.15, 0.2) is 5.78 Å². The summed E-state index contributed by atoms with van der Waals surface area (Å²) in [6, 6.07) is 1.09. The highest BCUT2D eigenvalue weighted by atomic mass is 19.3. The molecule has 2 rings (SSSR count). The van der Waals surface area contributed by atoms with Crippen LogP contribution in [0.3, 0.4) is 0 Å². The predicted molar refractivity (Wildman–Crippen MR) is 52.9 cm³/mol. The van der Waals surface area contributed by atoms with Gasteiger partial charge in [-0.05, 0) is 6.42 Å². The molecule has 6 heteroatoms. The number of nitrogens with one attached hydrogen (secondary N) is 1. The van der Waals surface area contributed by atoms with Gasteiger partial charge in [-0.3, -0.25) is 9.59 Å². The number of hydrogen-bond donors (Lipinski definition) is 1. The van der Waals surface area contributed by atoms with Crippen molar-refractivity contribution in [2.24, 2.45) is 11.8 Å². The molecule has 1 aliphatic heterocycles. The van der Waals surface area contributed by atoms with E-state index in [0.717, 1.165) is 0 Å². The number of rotatable bonds is 2. The van der Waals surface area contributed by atoms with E-state index in [4.69, 9.17) is 5.26 Å². The first kappa shape index (κ1) is 12.0. The van der Waals surface area contributed by atoms with E-state index >= 15 is 0 Å². The van der Waals surface area contributed by atoms with Crippen LogP contribution in [0.2, 0.25) is 0 Å². The molecule has 3 atom stereocenters. The van der Waals surface area contributed by atoms with Crippen LogP contribution in [-0.4, -0.2) is 23.7 Å². The highest BCUT2D eigenvalue weighted by molar-refractivity contribution is 5.93. The Hall–Kier alpha value is -1.51. The molecule has 2 aliphatic rings. The van der Waals surface area contributed by atoms with E-state index in [-0.39, 0.29) is 12.3 Å². The molecule has 0 aromatic carbocycles. The third-order valence-electron chi connectivity index (χ3n) is 3.39. The molecule has 0 radical (unpaired) electrons. The topological polar surface area (TPSA) is 70.0 Å². The van der Waals surface area contributed by atoms with Crippen molar-refractivity contribution in [2.45, 2.75) is 37.6 Å². The first-order valence-corrected chi connectivity index (χ1v) is 5.53. The van der Waals surface area contributed by atoms with Gasteiger partial charge in [0.25, 0.3) is 0 Å². The Labute approximate surface area is 97.0 Å². The summed E-state index contributed by atoms with van der Waals surface area (Å²) in [5, 5.41) is 11.2. The molecule has 0 spiro atoms. The molecule has 0 aromatic rings. The number of ketones is 1. The van der Waals surface area contributed by atoms with Crippen LogP contribution in [0, 0.1) is 23.2 Å². The number of nitriles is 1. The lowest BCUT2D eigenvalue weighted by atomic mass is 9.89. The van der Waals surface area contributed by atoms with E-state index in [2.05, 4.69) is 5.32 Å². The molecule has 92 valence electrons. The molecule has 1 aliphatic carbocycles. The third-order valence-corrected chi connectivity index (χ3v) is 3.39. The van der Waals surface area contributed by atoms with E-state index in [9.17, 15) is 18.4 Å². The van der Waals surface area contributed by atoms with Gasteiger partial charge in [-0.25, -0.2) is 8.78 Å². The fraction of sp³-hybridized carbons (Fsp3) is 0.727. The second-order valence-corrected chi connectivity index (χ2v) is 4.67. The number of Topliss-reactive ketones (excluding diaryl/α,β-unsaturated/α-hetero) is 1. The van der Waals surface area contributed by atoms with Crippen LogP contribution in [0.25, 0.3) is 0 Å². The second-order valence-electron chi connectivity index (χ2n) is 4.67. The van der Waals surface area contributed by atoms with E-state index in [0.29, 0.717) is 6.42 Å². The molecular formula is C11H12F2N2O2. The second kappa shape index (κ2) is 4.06. The average Bonchev–Trinajstić information content (AvgIpc) is 2.80. The van der Waals surface area contributed by atoms with Crippen molar-refractivity contribution in [3.63, 3.8) is 0 Å². The fourth-order valence-corrected chi connectivity index (χ4v) is 2.53. The van der Waals surface area contributed by atoms with Crippen molar-refractivity contribution >= 4 is 11.7 Å². The van der Waals surface area contributed by atoms with E-state index < -0.39 is 42.4 Å². The van der Waals surface area contributed by atoms with Crippen molar-refractivity contribution in [1.82, 2.24) is 5.32 Å². The Bertz CT molecular complexity index is 403. The Morgan fingerprint density at radius 3 is 2.71 bits per heavy atom. The maximum absolute atomic E-state index is 13.2. The minimum atomic E-state index is -2.94. The van der Waals surface area contributed by atoms with E-state index in [1.807, 2.05) is 0 Å². The minimum absolute atomic E-state index is 0.235. The zero-order valence-corrected chi connectivity index (χ0v) is 9.08. The number of halogens is 2. The van der Waals surface area contributed by atoms with Gasteiger partial charge >= 0.3 is 0 Å². The minimum Gasteiger partial charge on any atom is -0.346 e. The molecule has 2 fully saturated rings. The lowest BCUT2D eigenvalue weighted by Crippen LogP contribution is -2.38. The molecule has 1 N–H and O–H groups in total. The maximum atomic E-state index is 13.2. The maximum Gasteiger partial charge on any atom is 0.250 e. The number of carbonyl (C=O) groups excluding carboxylic acids is 2. The normalized spacial score (nSPS) is 35.4. The number of alkyl halides is 2. The number of nitrogens with zero attached hydrogens (tertiary/aromatic N) is 1. The van der Waals surface area contributed by atoms with Crippen molar-refractivity contribution in [3.05, 3.63) is 0 Å². The molecule has 2 unspecified atom stereocenters. The summed E-state index contributed by atoms with van der Waals surface area (Å²) >= 11 is 0. The van der Waals surface area contributed by atoms with Crippen LogP contribution in [0.5, 0.6) is 0 Å². The Morgan fingerprint density at radius 2 is 2.18 bits per heavy atom. The van der Waals surface area contributed by atoms with Gasteiger partial charge in [0.2, 0.25) is 11.8 Å². The SMILES string of the molecule is N#CC1CC(F)(F)CC1C(=O)[C@@H]1CCC(=O)N1. The van der Waals surface area contributed by atoms with Crippen LogP contribution < -0.4 is 5.32 Å². The first-order chi connectivity index (χ1) is 7.93. The molecule has 1 amide bonds. The number of carbonyl (C=O) groups is 2. The Morgan fingerprint density at radius 1 is 1.47 bits per heavy atom. The zero-order chi connectivity index (χ0) is 12.6.